The number of esters is 1. The van der Waals surface area contributed by atoms with E-state index in [2.05, 4.69) is 72.8 Å². The third kappa shape index (κ3) is 4.15. The van der Waals surface area contributed by atoms with Gasteiger partial charge in [0.05, 0.1) is 0 Å². The first kappa shape index (κ1) is 19.1. The van der Waals surface area contributed by atoms with E-state index in [4.69, 9.17) is 4.74 Å². The molecule has 3 rings (SSSR count). The molecule has 0 amide bonds. The van der Waals surface area contributed by atoms with E-state index in [-0.39, 0.29) is 5.97 Å². The summed E-state index contributed by atoms with van der Waals surface area (Å²) in [7, 11) is 1.81. The quantitative estimate of drug-likeness (QED) is 0.394. The van der Waals surface area contributed by atoms with E-state index in [0.29, 0.717) is 12.4 Å². The number of ether oxygens (including phenoxy) is 1. The van der Waals surface area contributed by atoms with Crippen molar-refractivity contribution in [3.8, 4) is 0 Å². The van der Waals surface area contributed by atoms with Crippen LogP contribution in [-0.4, -0.2) is 35.3 Å². The van der Waals surface area contributed by atoms with Gasteiger partial charge in [0.15, 0.2) is 0 Å². The second-order valence-corrected chi connectivity index (χ2v) is 21.9. The Bertz CT molecular complexity index is 726. The van der Waals surface area contributed by atoms with Gasteiger partial charge in [-0.25, -0.2) is 0 Å². The van der Waals surface area contributed by atoms with Gasteiger partial charge in [0, 0.05) is 0 Å². The van der Waals surface area contributed by atoms with Gasteiger partial charge in [-0.2, -0.15) is 0 Å². The monoisotopic (exact) mass is 470 g/mol. The summed E-state index contributed by atoms with van der Waals surface area (Å²) in [6.45, 7) is 2.27. The van der Waals surface area contributed by atoms with Gasteiger partial charge in [0.25, 0.3) is 0 Å². The van der Waals surface area contributed by atoms with E-state index >= 15 is 0 Å². The predicted octanol–water partition coefficient (Wildman–Crippen LogP) is 2.95. The first-order chi connectivity index (χ1) is 12.8. The Morgan fingerprint density at radius 2 is 1.15 bits per heavy atom. The molecule has 132 valence electrons. The number of hydrogen-bond acceptors (Lipinski definition) is 3. The van der Waals surface area contributed by atoms with E-state index in [9.17, 15) is 4.79 Å². The average molecular weight is 469 g/mol. The molecule has 0 aliphatic heterocycles. The Hall–Kier alpha value is -1.72. The fourth-order valence-electron chi connectivity index (χ4n) is 3.14. The Morgan fingerprint density at radius 3 is 1.50 bits per heavy atom. The fourth-order valence-corrected chi connectivity index (χ4v) is 22.5. The van der Waals surface area contributed by atoms with Gasteiger partial charge < -0.3 is 0 Å². The molecule has 26 heavy (non-hydrogen) atoms. The van der Waals surface area contributed by atoms with Crippen molar-refractivity contribution in [2.45, 2.75) is 6.92 Å². The van der Waals surface area contributed by atoms with E-state index in [0.717, 1.165) is 0 Å². The van der Waals surface area contributed by atoms with Crippen molar-refractivity contribution in [2.24, 2.45) is 0 Å². The summed E-state index contributed by atoms with van der Waals surface area (Å²) in [6.07, 6.45) is 0. The van der Waals surface area contributed by atoms with Crippen LogP contribution in [0.15, 0.2) is 91.0 Å². The molecule has 0 aliphatic carbocycles. The average Bonchev–Trinajstić information content (AvgIpc) is 2.71. The second-order valence-electron chi connectivity index (χ2n) is 5.87. The molecule has 0 fully saturated rings. The van der Waals surface area contributed by atoms with Gasteiger partial charge >= 0.3 is 162 Å². The predicted molar refractivity (Wildman–Crippen MR) is 113 cm³/mol. The summed E-state index contributed by atoms with van der Waals surface area (Å²) in [5, 5.41) is 0. The van der Waals surface area contributed by atoms with E-state index in [1.165, 1.54) is 10.7 Å². The van der Waals surface area contributed by atoms with Gasteiger partial charge in [0.1, 0.15) is 0 Å². The molecular formula is C22H22O2SSn. The molecule has 2 nitrogen and oxygen atoms in total. The summed E-state index contributed by atoms with van der Waals surface area (Å²) in [5.74, 6) is 0.240. The Kier molecular flexibility index (Phi) is 6.80. The zero-order chi connectivity index (χ0) is 18.2. The molecule has 3 aromatic carbocycles. The first-order valence-electron chi connectivity index (χ1n) is 8.73. The van der Waals surface area contributed by atoms with Crippen molar-refractivity contribution in [2.75, 3.05) is 12.4 Å². The molecule has 0 heterocycles. The van der Waals surface area contributed by atoms with Crippen LogP contribution in [0.1, 0.15) is 6.92 Å². The zero-order valence-corrected chi connectivity index (χ0v) is 18.5. The summed E-state index contributed by atoms with van der Waals surface area (Å²) < 4.78 is 9.28. The van der Waals surface area contributed by atoms with Crippen LogP contribution in [0.3, 0.4) is 0 Å². The summed E-state index contributed by atoms with van der Waals surface area (Å²) in [4.78, 5) is 12.2. The van der Waals surface area contributed by atoms with E-state index in [1.807, 2.05) is 34.1 Å². The van der Waals surface area contributed by atoms with Crippen LogP contribution < -0.4 is 10.7 Å². The number of hydrogen-bond donors (Lipinski definition) is 0. The molecule has 0 unspecified atom stereocenters. The molecule has 0 bridgehead atoms. The van der Waals surface area contributed by atoms with Crippen molar-refractivity contribution in [1.82, 2.24) is 0 Å². The van der Waals surface area contributed by atoms with Crippen LogP contribution in [0.4, 0.5) is 0 Å². The SMILES string of the molecule is CCOC(=O)C[S][Sn]([c]1ccccc1)([c]1ccccc1)[c]1ccccc1. The summed E-state index contributed by atoms with van der Waals surface area (Å²) in [5.41, 5.74) is 0. The van der Waals surface area contributed by atoms with Crippen LogP contribution in [0.5, 0.6) is 0 Å². The number of rotatable bonds is 7. The van der Waals surface area contributed by atoms with Crippen molar-refractivity contribution in [1.29, 1.82) is 0 Å². The minimum atomic E-state index is -3.38. The van der Waals surface area contributed by atoms with Crippen molar-refractivity contribution < 1.29 is 9.53 Å². The maximum absolute atomic E-state index is 12.2. The molecule has 0 saturated heterocycles. The standard InChI is InChI=1S/3C6H5.C4H8O2S.Sn/c3*1-2-4-6-5-3-1;1-2-6-4(5)3-7;/h3*1-5H;7H,2-3H2,1H3;/q;;;;+1/p-1. The van der Waals surface area contributed by atoms with Crippen LogP contribution in [0.2, 0.25) is 0 Å². The third-order valence-electron chi connectivity index (χ3n) is 4.25. The fraction of sp³-hybridized carbons (Fsp3) is 0.136. The van der Waals surface area contributed by atoms with Crippen LogP contribution in [-0.2, 0) is 9.53 Å². The number of carbonyl (C=O) groups excluding carboxylic acids is 1. The van der Waals surface area contributed by atoms with Gasteiger partial charge in [-0.05, 0) is 0 Å². The molecule has 3 aromatic rings. The number of benzene rings is 3. The molecule has 4 heteroatoms. The molecule has 0 aliphatic rings. The molecule has 0 radical (unpaired) electrons. The van der Waals surface area contributed by atoms with Gasteiger partial charge in [0.2, 0.25) is 0 Å². The van der Waals surface area contributed by atoms with Crippen molar-refractivity contribution in [3.63, 3.8) is 0 Å². The Morgan fingerprint density at radius 1 is 0.769 bits per heavy atom. The molecule has 0 saturated carbocycles. The summed E-state index contributed by atoms with van der Waals surface area (Å²) in [6, 6.07) is 32.0. The number of carbonyl (C=O) groups is 1. The van der Waals surface area contributed by atoms with Gasteiger partial charge in [-0.15, -0.1) is 0 Å². The first-order valence-corrected chi connectivity index (χ1v) is 17.5. The minimum absolute atomic E-state index is 0.138. The van der Waals surface area contributed by atoms with Crippen molar-refractivity contribution >= 4 is 42.6 Å². The van der Waals surface area contributed by atoms with Crippen LogP contribution in [0, 0.1) is 0 Å². The molecule has 0 N–H and O–H groups in total. The van der Waals surface area contributed by atoms with Gasteiger partial charge in [-0.3, -0.25) is 0 Å². The van der Waals surface area contributed by atoms with Crippen molar-refractivity contribution in [3.05, 3.63) is 91.0 Å². The van der Waals surface area contributed by atoms with Crippen LogP contribution in [0.25, 0.3) is 0 Å². The maximum atomic E-state index is 12.2. The molecule has 0 atom stereocenters. The molecule has 0 spiro atoms. The molecular weight excluding hydrogens is 447 g/mol. The molecule has 0 aromatic heterocycles. The zero-order valence-electron chi connectivity index (χ0n) is 14.8. The normalized spacial score (nSPS) is 11.1. The van der Waals surface area contributed by atoms with E-state index in [1.54, 1.807) is 0 Å². The Labute approximate surface area is 161 Å². The topological polar surface area (TPSA) is 26.3 Å². The second kappa shape index (κ2) is 9.28. The van der Waals surface area contributed by atoms with Gasteiger partial charge in [-0.1, -0.05) is 0 Å². The van der Waals surface area contributed by atoms with Crippen LogP contribution >= 0.6 is 8.95 Å². The Balaban J connectivity index is 2.16. The summed E-state index contributed by atoms with van der Waals surface area (Å²) >= 11 is -3.38. The van der Waals surface area contributed by atoms with E-state index < -0.39 is 17.0 Å². The third-order valence-corrected chi connectivity index (χ3v) is 24.6.